The van der Waals surface area contributed by atoms with Crippen LogP contribution in [0.2, 0.25) is 0 Å². The fraction of sp³-hybridized carbons (Fsp3) is 0.143. The molecular formula is C14H10BrF4NO. The van der Waals surface area contributed by atoms with Crippen molar-refractivity contribution >= 4 is 15.9 Å². The second kappa shape index (κ2) is 6.03. The Morgan fingerprint density at radius 3 is 2.14 bits per heavy atom. The summed E-state index contributed by atoms with van der Waals surface area (Å²) < 4.78 is 53.8. The molecule has 21 heavy (non-hydrogen) atoms. The fourth-order valence-corrected chi connectivity index (χ4v) is 2.31. The maximum Gasteiger partial charge on any atom is 0.573 e. The summed E-state index contributed by atoms with van der Waals surface area (Å²) in [5, 5.41) is 0. The Bertz CT molecular complexity index is 608. The molecule has 0 heterocycles. The lowest BCUT2D eigenvalue weighted by molar-refractivity contribution is -0.274. The van der Waals surface area contributed by atoms with E-state index in [-0.39, 0.29) is 5.75 Å². The number of ether oxygens (including phenoxy) is 1. The molecule has 0 aromatic heterocycles. The van der Waals surface area contributed by atoms with Gasteiger partial charge in [-0.1, -0.05) is 28.1 Å². The summed E-state index contributed by atoms with van der Waals surface area (Å²) in [7, 11) is 0. The molecule has 2 N–H and O–H groups in total. The molecule has 0 fully saturated rings. The molecular weight excluding hydrogens is 354 g/mol. The van der Waals surface area contributed by atoms with Crippen LogP contribution >= 0.6 is 15.9 Å². The molecule has 0 aliphatic heterocycles. The van der Waals surface area contributed by atoms with Gasteiger partial charge in [-0.25, -0.2) is 4.39 Å². The Morgan fingerprint density at radius 2 is 1.62 bits per heavy atom. The van der Waals surface area contributed by atoms with Crippen LogP contribution in [0.25, 0.3) is 0 Å². The normalized spacial score (nSPS) is 13.0. The Morgan fingerprint density at radius 1 is 1.00 bits per heavy atom. The molecule has 0 aliphatic carbocycles. The van der Waals surface area contributed by atoms with Gasteiger partial charge in [-0.05, 0) is 41.5 Å². The van der Waals surface area contributed by atoms with Crippen molar-refractivity contribution in [2.45, 2.75) is 12.4 Å². The number of rotatable bonds is 3. The van der Waals surface area contributed by atoms with Crippen LogP contribution in [-0.2, 0) is 0 Å². The van der Waals surface area contributed by atoms with E-state index < -0.39 is 18.2 Å². The minimum Gasteiger partial charge on any atom is -0.406 e. The summed E-state index contributed by atoms with van der Waals surface area (Å²) in [5.74, 6) is -0.786. The van der Waals surface area contributed by atoms with E-state index in [1.807, 2.05) is 0 Å². The highest BCUT2D eigenvalue weighted by Crippen LogP contribution is 2.27. The smallest absolute Gasteiger partial charge is 0.406 e. The van der Waals surface area contributed by atoms with Crippen LogP contribution in [0.15, 0.2) is 46.9 Å². The molecule has 0 saturated heterocycles. The number of benzene rings is 2. The van der Waals surface area contributed by atoms with Crippen LogP contribution in [0.5, 0.6) is 5.75 Å². The molecule has 0 radical (unpaired) electrons. The quantitative estimate of drug-likeness (QED) is 0.812. The van der Waals surface area contributed by atoms with Crippen LogP contribution < -0.4 is 10.5 Å². The van der Waals surface area contributed by atoms with Gasteiger partial charge in [-0.2, -0.15) is 0 Å². The summed E-state index contributed by atoms with van der Waals surface area (Å²) in [6, 6.07) is 8.69. The van der Waals surface area contributed by atoms with E-state index in [1.54, 1.807) is 6.07 Å². The molecule has 0 spiro atoms. The molecule has 0 bridgehead atoms. The van der Waals surface area contributed by atoms with Gasteiger partial charge in [0.2, 0.25) is 0 Å². The van der Waals surface area contributed by atoms with Crippen LogP contribution in [0.3, 0.4) is 0 Å². The van der Waals surface area contributed by atoms with E-state index >= 15 is 0 Å². The SMILES string of the molecule is N[C@@H](c1ccc(OC(F)(F)F)cc1)c1cc(F)cc(Br)c1. The van der Waals surface area contributed by atoms with Crippen molar-refractivity contribution in [1.82, 2.24) is 0 Å². The van der Waals surface area contributed by atoms with Crippen molar-refractivity contribution in [2.24, 2.45) is 5.73 Å². The van der Waals surface area contributed by atoms with E-state index in [0.717, 1.165) is 12.1 Å². The minimum atomic E-state index is -4.74. The second-order valence-corrected chi connectivity index (χ2v) is 5.21. The Balaban J connectivity index is 2.21. The first-order valence-corrected chi connectivity index (χ1v) is 6.61. The van der Waals surface area contributed by atoms with Crippen molar-refractivity contribution < 1.29 is 22.3 Å². The van der Waals surface area contributed by atoms with Gasteiger partial charge in [0.25, 0.3) is 0 Å². The van der Waals surface area contributed by atoms with Crippen LogP contribution in [0, 0.1) is 5.82 Å². The number of hydrogen-bond donors (Lipinski definition) is 1. The molecule has 2 rings (SSSR count). The third kappa shape index (κ3) is 4.44. The van der Waals surface area contributed by atoms with Gasteiger partial charge >= 0.3 is 6.36 Å². The molecule has 2 nitrogen and oxygen atoms in total. The Labute approximate surface area is 126 Å². The van der Waals surface area contributed by atoms with Crippen molar-refractivity contribution in [3.63, 3.8) is 0 Å². The molecule has 7 heteroatoms. The zero-order valence-electron chi connectivity index (χ0n) is 10.5. The van der Waals surface area contributed by atoms with Crippen LogP contribution in [-0.4, -0.2) is 6.36 Å². The highest BCUT2D eigenvalue weighted by Gasteiger charge is 2.31. The van der Waals surface area contributed by atoms with Crippen molar-refractivity contribution in [2.75, 3.05) is 0 Å². The average molecular weight is 364 g/mol. The molecule has 2 aromatic carbocycles. The van der Waals surface area contributed by atoms with Crippen molar-refractivity contribution in [1.29, 1.82) is 0 Å². The summed E-state index contributed by atoms with van der Waals surface area (Å²) in [6.07, 6.45) is -4.74. The maximum absolute atomic E-state index is 13.3. The second-order valence-electron chi connectivity index (χ2n) is 4.30. The third-order valence-corrected chi connectivity index (χ3v) is 3.17. The zero-order valence-corrected chi connectivity index (χ0v) is 12.1. The molecule has 2 aromatic rings. The van der Waals surface area contributed by atoms with Gasteiger partial charge < -0.3 is 10.5 Å². The number of halogens is 5. The standard InChI is InChI=1S/C14H10BrF4NO/c15-10-5-9(6-11(16)7-10)13(20)8-1-3-12(4-2-8)21-14(17,18)19/h1-7,13H,20H2/t13-/m0/s1. The summed E-state index contributed by atoms with van der Waals surface area (Å²) in [5.41, 5.74) is 7.03. The monoisotopic (exact) mass is 363 g/mol. The molecule has 0 aliphatic rings. The van der Waals surface area contributed by atoms with E-state index in [1.165, 1.54) is 24.3 Å². The van der Waals surface area contributed by atoms with Crippen molar-refractivity contribution in [3.8, 4) is 5.75 Å². The highest BCUT2D eigenvalue weighted by atomic mass is 79.9. The van der Waals surface area contributed by atoms with Gasteiger partial charge in [0.15, 0.2) is 0 Å². The summed E-state index contributed by atoms with van der Waals surface area (Å²) in [6.45, 7) is 0. The van der Waals surface area contributed by atoms with Gasteiger partial charge in [-0.3, -0.25) is 0 Å². The van der Waals surface area contributed by atoms with Crippen LogP contribution in [0.1, 0.15) is 17.2 Å². The molecule has 0 amide bonds. The highest BCUT2D eigenvalue weighted by molar-refractivity contribution is 9.10. The fourth-order valence-electron chi connectivity index (χ4n) is 1.82. The topological polar surface area (TPSA) is 35.2 Å². The van der Waals surface area contributed by atoms with Crippen LogP contribution in [0.4, 0.5) is 17.6 Å². The third-order valence-electron chi connectivity index (χ3n) is 2.72. The lowest BCUT2D eigenvalue weighted by atomic mass is 9.99. The van der Waals surface area contributed by atoms with E-state index in [4.69, 9.17) is 5.73 Å². The minimum absolute atomic E-state index is 0.334. The molecule has 112 valence electrons. The largest absolute Gasteiger partial charge is 0.573 e. The summed E-state index contributed by atoms with van der Waals surface area (Å²) >= 11 is 3.16. The Hall–Kier alpha value is -1.60. The van der Waals surface area contributed by atoms with E-state index in [9.17, 15) is 17.6 Å². The van der Waals surface area contributed by atoms with E-state index in [0.29, 0.717) is 15.6 Å². The molecule has 0 unspecified atom stereocenters. The van der Waals surface area contributed by atoms with Gasteiger partial charge in [0, 0.05) is 4.47 Å². The number of alkyl halides is 3. The number of hydrogen-bond acceptors (Lipinski definition) is 2. The first kappa shape index (κ1) is 15.8. The van der Waals surface area contributed by atoms with Gasteiger partial charge in [-0.15, -0.1) is 13.2 Å². The average Bonchev–Trinajstić information content (AvgIpc) is 2.35. The lowest BCUT2D eigenvalue weighted by Crippen LogP contribution is -2.17. The maximum atomic E-state index is 13.3. The van der Waals surface area contributed by atoms with Gasteiger partial charge in [0.1, 0.15) is 11.6 Å². The molecule has 0 saturated carbocycles. The molecule has 1 atom stereocenters. The predicted octanol–water partition coefficient (Wildman–Crippen LogP) is 4.53. The predicted molar refractivity (Wildman–Crippen MR) is 73.3 cm³/mol. The van der Waals surface area contributed by atoms with E-state index in [2.05, 4.69) is 20.7 Å². The lowest BCUT2D eigenvalue weighted by Gasteiger charge is -2.14. The first-order chi connectivity index (χ1) is 9.74. The van der Waals surface area contributed by atoms with Crippen molar-refractivity contribution in [3.05, 3.63) is 63.9 Å². The first-order valence-electron chi connectivity index (χ1n) is 5.82. The Kier molecular flexibility index (Phi) is 4.53. The number of nitrogens with two attached hydrogens (primary N) is 1. The zero-order chi connectivity index (χ0) is 15.6. The summed E-state index contributed by atoms with van der Waals surface area (Å²) in [4.78, 5) is 0. The van der Waals surface area contributed by atoms with Gasteiger partial charge in [0.05, 0.1) is 6.04 Å².